The third kappa shape index (κ3) is 4.88. The van der Waals surface area contributed by atoms with Gasteiger partial charge in [0.15, 0.2) is 5.82 Å². The quantitative estimate of drug-likeness (QED) is 0.227. The van der Waals surface area contributed by atoms with Crippen LogP contribution in [0.3, 0.4) is 0 Å². The molecule has 1 aliphatic rings. The molecule has 0 saturated heterocycles. The minimum Gasteiger partial charge on any atom is -0.471 e. The lowest BCUT2D eigenvalue weighted by molar-refractivity contribution is -0.319. The van der Waals surface area contributed by atoms with Crippen LogP contribution in [0.1, 0.15) is 44.0 Å². The number of aliphatic hydroxyl groups is 3. The van der Waals surface area contributed by atoms with Crippen molar-refractivity contribution in [3.63, 3.8) is 0 Å². The van der Waals surface area contributed by atoms with Crippen LogP contribution in [-0.4, -0.2) is 73.6 Å². The first-order chi connectivity index (χ1) is 15.4. The van der Waals surface area contributed by atoms with E-state index in [0.29, 0.717) is 0 Å². The Bertz CT molecular complexity index is 1080. The highest BCUT2D eigenvalue weighted by Gasteiger charge is 2.76. The van der Waals surface area contributed by atoms with Crippen molar-refractivity contribution >= 4 is 25.4 Å². The van der Waals surface area contributed by atoms with Crippen LogP contribution in [-0.2, 0) is 4.74 Å². The van der Waals surface area contributed by atoms with Crippen molar-refractivity contribution in [1.29, 1.82) is 0 Å². The van der Waals surface area contributed by atoms with Crippen molar-refractivity contribution in [2.45, 2.75) is 56.7 Å². The lowest BCUT2D eigenvalue weighted by atomic mass is 9.63. The maximum Gasteiger partial charge on any atom is 0.396 e. The number of rotatable bonds is 7. The number of ether oxygens (including phenoxy) is 2. The number of hydrogen-bond donors (Lipinski definition) is 3. The highest BCUT2D eigenvalue weighted by Crippen LogP contribution is 2.64. The van der Waals surface area contributed by atoms with Crippen molar-refractivity contribution < 1.29 is 42.8 Å². The molecule has 34 heavy (non-hydrogen) atoms. The Labute approximate surface area is 198 Å². The minimum atomic E-state index is -4.95. The van der Waals surface area contributed by atoms with E-state index < -0.39 is 53.9 Å². The van der Waals surface area contributed by atoms with Gasteiger partial charge in [-0.05, 0) is 45.7 Å². The SMILES string of the molecule is [B]C(O)(C(O)(O)COc1ccn(-c2ccc(C(=O)OC(C)(C)C)c(Cl)n2)n1)C1(C(F)(F)F)CC1. The Balaban J connectivity index is 1.71. The first kappa shape index (κ1) is 26.3. The molecule has 0 spiro atoms. The monoisotopic (exact) mass is 503 g/mol. The zero-order valence-electron chi connectivity index (χ0n) is 18.4. The maximum atomic E-state index is 13.3. The van der Waals surface area contributed by atoms with Gasteiger partial charge < -0.3 is 24.8 Å². The minimum absolute atomic E-state index is 0.0233. The van der Waals surface area contributed by atoms with Gasteiger partial charge in [0.05, 0.1) is 16.5 Å². The number of pyridine rings is 1. The molecule has 1 unspecified atom stereocenters. The fourth-order valence-electron chi connectivity index (χ4n) is 3.22. The van der Waals surface area contributed by atoms with E-state index in [-0.39, 0.29) is 22.4 Å². The van der Waals surface area contributed by atoms with Gasteiger partial charge in [0.25, 0.3) is 0 Å². The van der Waals surface area contributed by atoms with E-state index in [0.717, 1.165) is 4.68 Å². The highest BCUT2D eigenvalue weighted by molar-refractivity contribution is 6.32. The molecule has 2 radical (unpaired) electrons. The molecule has 2 heterocycles. The second-order valence-electron chi connectivity index (χ2n) is 9.06. The Morgan fingerprint density at radius 2 is 1.82 bits per heavy atom. The Morgan fingerprint density at radius 1 is 1.21 bits per heavy atom. The maximum absolute atomic E-state index is 13.3. The van der Waals surface area contributed by atoms with E-state index >= 15 is 0 Å². The summed E-state index contributed by atoms with van der Waals surface area (Å²) in [4.78, 5) is 16.2. The van der Waals surface area contributed by atoms with Gasteiger partial charge in [-0.2, -0.15) is 13.2 Å². The summed E-state index contributed by atoms with van der Waals surface area (Å²) in [5.74, 6) is -4.21. The first-order valence-electron chi connectivity index (χ1n) is 10.0. The Hall–Kier alpha value is -2.35. The third-order valence-corrected chi connectivity index (χ3v) is 5.59. The smallest absolute Gasteiger partial charge is 0.396 e. The first-order valence-corrected chi connectivity index (χ1v) is 10.4. The molecule has 1 aliphatic carbocycles. The second-order valence-corrected chi connectivity index (χ2v) is 9.42. The molecule has 1 fully saturated rings. The predicted molar refractivity (Wildman–Crippen MR) is 113 cm³/mol. The number of alkyl halides is 3. The van der Waals surface area contributed by atoms with Crippen LogP contribution in [0.4, 0.5) is 13.2 Å². The summed E-state index contributed by atoms with van der Waals surface area (Å²) in [5, 5.41) is 34.2. The predicted octanol–water partition coefficient (Wildman–Crippen LogP) is 2.14. The summed E-state index contributed by atoms with van der Waals surface area (Å²) >= 11 is 6.08. The molecule has 2 aromatic rings. The van der Waals surface area contributed by atoms with Crippen molar-refractivity contribution in [3.8, 4) is 11.7 Å². The summed E-state index contributed by atoms with van der Waals surface area (Å²) in [6.45, 7) is 3.87. The van der Waals surface area contributed by atoms with Crippen LogP contribution in [0.25, 0.3) is 5.82 Å². The van der Waals surface area contributed by atoms with Crippen molar-refractivity contribution in [2.24, 2.45) is 5.41 Å². The van der Waals surface area contributed by atoms with Gasteiger partial charge in [-0.3, -0.25) is 0 Å². The van der Waals surface area contributed by atoms with Gasteiger partial charge in [-0.15, -0.1) is 5.10 Å². The van der Waals surface area contributed by atoms with E-state index in [1.807, 2.05) is 0 Å². The summed E-state index contributed by atoms with van der Waals surface area (Å²) in [7, 11) is 5.34. The number of aromatic nitrogens is 3. The van der Waals surface area contributed by atoms with Crippen LogP contribution in [0.15, 0.2) is 24.4 Å². The molecule has 0 amide bonds. The van der Waals surface area contributed by atoms with Gasteiger partial charge in [-0.1, -0.05) is 11.6 Å². The fraction of sp³-hybridized carbons (Fsp3) is 0.550. The molecule has 184 valence electrons. The van der Waals surface area contributed by atoms with Gasteiger partial charge >= 0.3 is 12.1 Å². The van der Waals surface area contributed by atoms with Crippen LogP contribution in [0, 0.1) is 5.41 Å². The Morgan fingerprint density at radius 3 is 2.32 bits per heavy atom. The fourth-order valence-corrected chi connectivity index (χ4v) is 3.45. The molecule has 1 atom stereocenters. The van der Waals surface area contributed by atoms with Crippen LogP contribution in [0.2, 0.25) is 5.15 Å². The average molecular weight is 504 g/mol. The molecule has 3 N–H and O–H groups in total. The number of carbonyl (C=O) groups excluding carboxylic acids is 1. The normalized spacial score (nSPS) is 17.7. The third-order valence-electron chi connectivity index (χ3n) is 5.31. The zero-order chi connectivity index (χ0) is 25.7. The molecule has 14 heteroatoms. The van der Waals surface area contributed by atoms with E-state index in [2.05, 4.69) is 10.1 Å². The molecule has 2 aromatic heterocycles. The van der Waals surface area contributed by atoms with Crippen molar-refractivity contribution in [1.82, 2.24) is 14.8 Å². The average Bonchev–Trinajstić information content (AvgIpc) is 3.39. The summed E-state index contributed by atoms with van der Waals surface area (Å²) in [6.07, 6.45) is -4.74. The highest BCUT2D eigenvalue weighted by atomic mass is 35.5. The van der Waals surface area contributed by atoms with E-state index in [1.54, 1.807) is 20.8 Å². The van der Waals surface area contributed by atoms with E-state index in [4.69, 9.17) is 28.9 Å². The lowest BCUT2D eigenvalue weighted by Gasteiger charge is -2.43. The molecule has 9 nitrogen and oxygen atoms in total. The molecule has 1 saturated carbocycles. The molecular weight excluding hydrogens is 481 g/mol. The van der Waals surface area contributed by atoms with Gasteiger partial charge in [0.1, 0.15) is 25.2 Å². The number of nitrogens with zero attached hydrogens (tertiary/aromatic N) is 3. The van der Waals surface area contributed by atoms with Crippen LogP contribution >= 0.6 is 11.6 Å². The van der Waals surface area contributed by atoms with Gasteiger partial charge in [-0.25, -0.2) is 14.5 Å². The number of hydrogen-bond acceptors (Lipinski definition) is 8. The molecule has 3 rings (SSSR count). The molecular formula is C20H22BClF3N3O6. The second kappa shape index (κ2) is 8.40. The van der Waals surface area contributed by atoms with E-state index in [9.17, 15) is 33.3 Å². The standard InChI is InChI=1S/C20H22BClF3N3O6/c1-16(2,3)34-15(29)11-4-5-12(26-14(11)22)28-9-6-13(27-28)33-10-18(30,31)19(21,32)17(7-8-17)20(23,24)25/h4-6,9,30-32H,7-8,10H2,1-3H3. The van der Waals surface area contributed by atoms with Gasteiger partial charge in [0.2, 0.25) is 11.7 Å². The van der Waals surface area contributed by atoms with Crippen LogP contribution < -0.4 is 4.74 Å². The summed E-state index contributed by atoms with van der Waals surface area (Å²) in [6, 6.07) is 4.02. The van der Waals surface area contributed by atoms with Crippen LogP contribution in [0.5, 0.6) is 5.88 Å². The zero-order valence-corrected chi connectivity index (χ0v) is 19.2. The molecule has 0 aliphatic heterocycles. The largest absolute Gasteiger partial charge is 0.471 e. The van der Waals surface area contributed by atoms with Crippen molar-refractivity contribution in [2.75, 3.05) is 6.61 Å². The topological polar surface area (TPSA) is 127 Å². The van der Waals surface area contributed by atoms with Crippen molar-refractivity contribution in [3.05, 3.63) is 35.1 Å². The lowest BCUT2D eigenvalue weighted by Crippen LogP contribution is -2.66. The Kier molecular flexibility index (Phi) is 6.49. The summed E-state index contributed by atoms with van der Waals surface area (Å²) in [5.41, 5.74) is -7.00. The number of carbonyl (C=O) groups is 1. The molecule has 0 aromatic carbocycles. The molecule has 0 bridgehead atoms. The summed E-state index contributed by atoms with van der Waals surface area (Å²) < 4.78 is 51.4. The number of esters is 1. The number of halogens is 4. The van der Waals surface area contributed by atoms with Gasteiger partial charge in [0, 0.05) is 12.3 Å². The van der Waals surface area contributed by atoms with E-state index in [1.165, 1.54) is 24.4 Å².